The van der Waals surface area contributed by atoms with Crippen LogP contribution in [0.5, 0.6) is 5.75 Å². The van der Waals surface area contributed by atoms with Gasteiger partial charge in [-0.15, -0.1) is 0 Å². The van der Waals surface area contributed by atoms with E-state index in [0.717, 1.165) is 24.5 Å². The summed E-state index contributed by atoms with van der Waals surface area (Å²) in [6.45, 7) is 11.8. The molecule has 1 N–H and O–H groups in total. The monoisotopic (exact) mass is 435 g/mol. The number of benzene rings is 2. The summed E-state index contributed by atoms with van der Waals surface area (Å²) in [5, 5.41) is 3.00. The van der Waals surface area contributed by atoms with E-state index in [0.29, 0.717) is 36.2 Å². The molecule has 0 spiro atoms. The van der Waals surface area contributed by atoms with Gasteiger partial charge in [0.15, 0.2) is 0 Å². The highest BCUT2D eigenvalue weighted by atomic mass is 16.5. The Bertz CT molecular complexity index is 884. The molecule has 0 radical (unpaired) electrons. The Morgan fingerprint density at radius 1 is 1.00 bits per heavy atom. The van der Waals surface area contributed by atoms with Gasteiger partial charge < -0.3 is 15.0 Å². The molecule has 0 saturated carbocycles. The number of carbonyl (C=O) groups is 1. The van der Waals surface area contributed by atoms with Crippen LogP contribution in [0.2, 0.25) is 0 Å². The number of carbonyl (C=O) groups excluding carboxylic acids is 1. The molecule has 2 saturated heterocycles. The molecular weight excluding hydrogens is 398 g/mol. The average molecular weight is 436 g/mol. The molecule has 2 fully saturated rings. The fourth-order valence-corrected chi connectivity index (χ4v) is 5.08. The summed E-state index contributed by atoms with van der Waals surface area (Å²) >= 11 is 0. The van der Waals surface area contributed by atoms with Crippen molar-refractivity contribution in [1.82, 2.24) is 4.90 Å². The SMILES string of the molecule is CC(C)COc1ccc(C(=O)Nc2ccc(N3CCC(N4C(C)CCC4C)C3)cc2)cc1. The minimum Gasteiger partial charge on any atom is -0.493 e. The number of nitrogens with zero attached hydrogens (tertiary/aromatic N) is 2. The van der Waals surface area contributed by atoms with Crippen molar-refractivity contribution in [2.24, 2.45) is 5.92 Å². The quantitative estimate of drug-likeness (QED) is 0.630. The summed E-state index contributed by atoms with van der Waals surface area (Å²) in [5.74, 6) is 1.16. The number of hydrogen-bond acceptors (Lipinski definition) is 4. The Morgan fingerprint density at radius 2 is 1.66 bits per heavy atom. The van der Waals surface area contributed by atoms with Crippen LogP contribution in [0.4, 0.5) is 11.4 Å². The lowest BCUT2D eigenvalue weighted by Crippen LogP contribution is -2.43. The van der Waals surface area contributed by atoms with Gasteiger partial charge >= 0.3 is 0 Å². The largest absolute Gasteiger partial charge is 0.493 e. The summed E-state index contributed by atoms with van der Waals surface area (Å²) in [4.78, 5) is 17.8. The first kappa shape index (κ1) is 22.7. The van der Waals surface area contributed by atoms with Crippen molar-refractivity contribution < 1.29 is 9.53 Å². The van der Waals surface area contributed by atoms with Crippen molar-refractivity contribution in [2.75, 3.05) is 29.9 Å². The van der Waals surface area contributed by atoms with Gasteiger partial charge in [0.25, 0.3) is 5.91 Å². The Balaban J connectivity index is 1.31. The first-order chi connectivity index (χ1) is 15.4. The molecule has 5 heteroatoms. The van der Waals surface area contributed by atoms with E-state index in [-0.39, 0.29) is 5.91 Å². The number of anilines is 2. The van der Waals surface area contributed by atoms with Crippen LogP contribution in [0.1, 0.15) is 57.3 Å². The molecule has 4 rings (SSSR count). The molecule has 0 aliphatic carbocycles. The molecule has 2 heterocycles. The number of nitrogens with one attached hydrogen (secondary N) is 1. The lowest BCUT2D eigenvalue weighted by Gasteiger charge is -2.32. The van der Waals surface area contributed by atoms with E-state index in [2.05, 4.69) is 54.9 Å². The van der Waals surface area contributed by atoms with E-state index in [4.69, 9.17) is 4.74 Å². The second-order valence-electron chi connectivity index (χ2n) is 9.84. The van der Waals surface area contributed by atoms with Crippen LogP contribution < -0.4 is 15.0 Å². The van der Waals surface area contributed by atoms with Crippen molar-refractivity contribution >= 4 is 17.3 Å². The number of likely N-dealkylation sites (tertiary alicyclic amines) is 1. The van der Waals surface area contributed by atoms with E-state index in [9.17, 15) is 4.79 Å². The molecule has 2 aromatic carbocycles. The van der Waals surface area contributed by atoms with Gasteiger partial charge in [0, 0.05) is 48.2 Å². The molecule has 3 atom stereocenters. The smallest absolute Gasteiger partial charge is 0.255 e. The number of ether oxygens (including phenoxy) is 1. The van der Waals surface area contributed by atoms with Crippen molar-refractivity contribution in [3.8, 4) is 5.75 Å². The molecule has 5 nitrogen and oxygen atoms in total. The topological polar surface area (TPSA) is 44.8 Å². The number of amides is 1. The molecule has 172 valence electrons. The maximum atomic E-state index is 12.6. The normalized spacial score (nSPS) is 23.7. The van der Waals surface area contributed by atoms with Gasteiger partial charge in [-0.25, -0.2) is 0 Å². The van der Waals surface area contributed by atoms with E-state index in [1.807, 2.05) is 36.4 Å². The predicted octanol–water partition coefficient (Wildman–Crippen LogP) is 5.43. The molecule has 3 unspecified atom stereocenters. The standard InChI is InChI=1S/C27H37N3O2/c1-19(2)18-32-26-13-7-22(8-14-26)27(31)28-23-9-11-24(12-10-23)29-16-15-25(17-29)30-20(3)5-6-21(30)4/h7-14,19-21,25H,5-6,15-18H2,1-4H3,(H,28,31). The van der Waals surface area contributed by atoms with E-state index < -0.39 is 0 Å². The van der Waals surface area contributed by atoms with Gasteiger partial charge in [0.05, 0.1) is 6.61 Å². The van der Waals surface area contributed by atoms with Crippen LogP contribution in [-0.2, 0) is 0 Å². The van der Waals surface area contributed by atoms with Gasteiger partial charge in [-0.05, 0) is 87.6 Å². The molecule has 0 aromatic heterocycles. The molecule has 1 amide bonds. The fourth-order valence-electron chi connectivity index (χ4n) is 5.08. The van der Waals surface area contributed by atoms with Crippen LogP contribution in [0, 0.1) is 5.92 Å². The number of hydrogen-bond donors (Lipinski definition) is 1. The summed E-state index contributed by atoms with van der Waals surface area (Å²) in [5.41, 5.74) is 2.68. The van der Waals surface area contributed by atoms with Crippen LogP contribution in [-0.4, -0.2) is 48.6 Å². The molecule has 2 aliphatic heterocycles. The third-order valence-corrected chi connectivity index (χ3v) is 6.80. The van der Waals surface area contributed by atoms with Crippen molar-refractivity contribution in [2.45, 2.75) is 65.1 Å². The van der Waals surface area contributed by atoms with Crippen LogP contribution in [0.3, 0.4) is 0 Å². The van der Waals surface area contributed by atoms with Gasteiger partial charge in [0.1, 0.15) is 5.75 Å². The predicted molar refractivity (Wildman–Crippen MR) is 132 cm³/mol. The third kappa shape index (κ3) is 5.26. The van der Waals surface area contributed by atoms with Gasteiger partial charge in [-0.2, -0.15) is 0 Å². The van der Waals surface area contributed by atoms with Crippen LogP contribution in [0.15, 0.2) is 48.5 Å². The summed E-state index contributed by atoms with van der Waals surface area (Å²) in [6, 6.07) is 17.6. The van der Waals surface area contributed by atoms with E-state index in [1.54, 1.807) is 0 Å². The summed E-state index contributed by atoms with van der Waals surface area (Å²) in [6.07, 6.45) is 3.86. The second kappa shape index (κ2) is 9.95. The van der Waals surface area contributed by atoms with Crippen molar-refractivity contribution in [3.05, 3.63) is 54.1 Å². The van der Waals surface area contributed by atoms with Crippen molar-refractivity contribution in [1.29, 1.82) is 0 Å². The second-order valence-corrected chi connectivity index (χ2v) is 9.84. The summed E-state index contributed by atoms with van der Waals surface area (Å²) < 4.78 is 5.69. The highest BCUT2D eigenvalue weighted by molar-refractivity contribution is 6.04. The molecule has 2 aromatic rings. The Morgan fingerprint density at radius 3 is 2.28 bits per heavy atom. The fraction of sp³-hybridized carbons (Fsp3) is 0.519. The highest BCUT2D eigenvalue weighted by Crippen LogP contribution is 2.32. The highest BCUT2D eigenvalue weighted by Gasteiger charge is 2.36. The zero-order chi connectivity index (χ0) is 22.7. The third-order valence-electron chi connectivity index (χ3n) is 6.80. The number of rotatable bonds is 7. The van der Waals surface area contributed by atoms with Crippen LogP contribution in [0.25, 0.3) is 0 Å². The van der Waals surface area contributed by atoms with Crippen molar-refractivity contribution in [3.63, 3.8) is 0 Å². The molecular formula is C27H37N3O2. The average Bonchev–Trinajstić information content (AvgIpc) is 3.39. The first-order valence-electron chi connectivity index (χ1n) is 12.1. The zero-order valence-corrected chi connectivity index (χ0v) is 19.9. The minimum absolute atomic E-state index is 0.105. The maximum Gasteiger partial charge on any atom is 0.255 e. The lowest BCUT2D eigenvalue weighted by molar-refractivity contribution is 0.102. The van der Waals surface area contributed by atoms with E-state index >= 15 is 0 Å². The van der Waals surface area contributed by atoms with Gasteiger partial charge in [-0.1, -0.05) is 13.8 Å². The minimum atomic E-state index is -0.105. The maximum absolute atomic E-state index is 12.6. The summed E-state index contributed by atoms with van der Waals surface area (Å²) in [7, 11) is 0. The van der Waals surface area contributed by atoms with Crippen LogP contribution >= 0.6 is 0 Å². The van der Waals surface area contributed by atoms with Gasteiger partial charge in [-0.3, -0.25) is 9.69 Å². The molecule has 32 heavy (non-hydrogen) atoms. The molecule has 2 aliphatic rings. The Hall–Kier alpha value is -2.53. The van der Waals surface area contributed by atoms with Gasteiger partial charge in [0.2, 0.25) is 0 Å². The Labute approximate surface area is 192 Å². The lowest BCUT2D eigenvalue weighted by atomic mass is 10.1. The van der Waals surface area contributed by atoms with E-state index in [1.165, 1.54) is 24.9 Å². The zero-order valence-electron chi connectivity index (χ0n) is 19.9. The Kier molecular flexibility index (Phi) is 7.04. The molecule has 0 bridgehead atoms. The first-order valence-corrected chi connectivity index (χ1v) is 12.1.